The van der Waals surface area contributed by atoms with Gasteiger partial charge in [-0.15, -0.1) is 0 Å². The Morgan fingerprint density at radius 1 is 1.05 bits per heavy atom. The maximum Gasteiger partial charge on any atom is 0.261 e. The molecule has 7 nitrogen and oxygen atoms in total. The van der Waals surface area contributed by atoms with Crippen molar-refractivity contribution in [2.24, 2.45) is 7.05 Å². The van der Waals surface area contributed by atoms with Gasteiger partial charge in [-0.3, -0.25) is 9.59 Å². The molecule has 39 heavy (non-hydrogen) atoms. The predicted molar refractivity (Wildman–Crippen MR) is 145 cm³/mol. The van der Waals surface area contributed by atoms with E-state index in [4.69, 9.17) is 0 Å². The first-order valence-corrected chi connectivity index (χ1v) is 12.1. The number of carbonyl (C=O) groups excluding carboxylic acids is 1. The van der Waals surface area contributed by atoms with Gasteiger partial charge < -0.3 is 20.2 Å². The lowest BCUT2D eigenvalue weighted by Gasteiger charge is -2.17. The average molecular weight is 532 g/mol. The number of nitrogens with zero attached hydrogens (tertiary/aromatic N) is 2. The van der Waals surface area contributed by atoms with Crippen molar-refractivity contribution in [2.45, 2.75) is 18.8 Å². The quantitative estimate of drug-likeness (QED) is 0.223. The van der Waals surface area contributed by atoms with Gasteiger partial charge in [0.05, 0.1) is 28.2 Å². The van der Waals surface area contributed by atoms with Crippen LogP contribution in [0.25, 0.3) is 22.2 Å². The molecule has 0 saturated carbocycles. The number of anilines is 3. The lowest BCUT2D eigenvalue weighted by atomic mass is 9.95. The number of halogens is 3. The lowest BCUT2D eigenvalue weighted by molar-refractivity contribution is -0.118. The number of aromatic nitrogens is 3. The van der Waals surface area contributed by atoms with Gasteiger partial charge in [0.15, 0.2) is 0 Å². The monoisotopic (exact) mass is 531 g/mol. The Bertz CT molecular complexity index is 1680. The average Bonchev–Trinajstić information content (AvgIpc) is 3.29. The maximum absolute atomic E-state index is 13.4. The van der Waals surface area contributed by atoms with Gasteiger partial charge in [0.1, 0.15) is 11.6 Å². The van der Waals surface area contributed by atoms with Crippen LogP contribution in [0.2, 0.25) is 0 Å². The molecule has 1 atom stereocenters. The summed E-state index contributed by atoms with van der Waals surface area (Å²) in [5, 5.41) is 6.39. The van der Waals surface area contributed by atoms with Crippen molar-refractivity contribution < 1.29 is 18.0 Å². The molecule has 5 rings (SSSR count). The van der Waals surface area contributed by atoms with E-state index in [1.165, 1.54) is 22.9 Å². The molecule has 5 aromatic rings. The molecular weight excluding hydrogens is 507 g/mol. The molecule has 3 heterocycles. The highest BCUT2D eigenvalue weighted by Crippen LogP contribution is 2.36. The van der Waals surface area contributed by atoms with Crippen molar-refractivity contribution in [2.75, 3.05) is 10.6 Å². The number of hydrogen-bond donors (Lipinski definition) is 3. The fourth-order valence-electron chi connectivity index (χ4n) is 4.44. The van der Waals surface area contributed by atoms with Crippen LogP contribution in [-0.4, -0.2) is 26.9 Å². The Hall–Kier alpha value is -4.86. The molecule has 0 radical (unpaired) electrons. The van der Waals surface area contributed by atoms with E-state index in [0.717, 1.165) is 17.8 Å². The number of carbonyl (C=O) groups is 1. The van der Waals surface area contributed by atoms with E-state index in [9.17, 15) is 22.8 Å². The van der Waals surface area contributed by atoms with Crippen LogP contribution in [0.5, 0.6) is 0 Å². The van der Waals surface area contributed by atoms with Crippen molar-refractivity contribution in [1.82, 2.24) is 14.5 Å². The van der Waals surface area contributed by atoms with Crippen molar-refractivity contribution >= 4 is 34.0 Å². The first-order valence-electron chi connectivity index (χ1n) is 12.1. The van der Waals surface area contributed by atoms with E-state index in [2.05, 4.69) is 20.6 Å². The van der Waals surface area contributed by atoms with Crippen molar-refractivity contribution in [3.05, 3.63) is 107 Å². The minimum absolute atomic E-state index is 0.135. The fraction of sp³-hybridized carbons (Fsp3) is 0.138. The minimum atomic E-state index is -2.74. The van der Waals surface area contributed by atoms with Gasteiger partial charge in [-0.2, -0.15) is 0 Å². The number of nitrogens with one attached hydrogen (secondary N) is 3. The smallest absolute Gasteiger partial charge is 0.261 e. The molecule has 0 spiro atoms. The molecule has 0 unspecified atom stereocenters. The number of benzene rings is 2. The molecule has 0 aliphatic heterocycles. The Morgan fingerprint density at radius 2 is 1.79 bits per heavy atom. The number of alkyl halides is 2. The van der Waals surface area contributed by atoms with Gasteiger partial charge >= 0.3 is 0 Å². The third-order valence-electron chi connectivity index (χ3n) is 6.37. The molecule has 0 fully saturated rings. The van der Waals surface area contributed by atoms with Gasteiger partial charge in [0.25, 0.3) is 5.56 Å². The van der Waals surface area contributed by atoms with Crippen LogP contribution in [0.15, 0.2) is 90.0 Å². The Morgan fingerprint density at radius 3 is 2.51 bits per heavy atom. The van der Waals surface area contributed by atoms with Crippen LogP contribution >= 0.6 is 0 Å². The fourth-order valence-corrected chi connectivity index (χ4v) is 4.44. The Balaban J connectivity index is 1.52. The van der Waals surface area contributed by atoms with Gasteiger partial charge in [-0.05, 0) is 48.0 Å². The summed E-state index contributed by atoms with van der Waals surface area (Å²) in [6.45, 7) is 0. The van der Waals surface area contributed by atoms with Crippen LogP contribution in [0.3, 0.4) is 0 Å². The highest BCUT2D eigenvalue weighted by molar-refractivity contribution is 6.03. The predicted octanol–water partition coefficient (Wildman–Crippen LogP) is 6.19. The number of hydrogen-bond acceptors (Lipinski definition) is 4. The van der Waals surface area contributed by atoms with Gasteiger partial charge in [0.2, 0.25) is 12.3 Å². The standard InChI is InChI=1S/C29H24F3N5O2/c1-37-14-12-22-25(29(37)39)27(34-20-5-3-2-4-6-20)26(35-22)18-11-13-33-24(15-18)36-28(38)21(16-23(31)32)17-7-9-19(30)10-8-17/h2-15,21,23,34-35H,16H2,1H3,(H,33,36,38)/t21-/m1/s1. The molecule has 10 heteroatoms. The van der Waals surface area contributed by atoms with Gasteiger partial charge in [-0.1, -0.05) is 30.3 Å². The highest BCUT2D eigenvalue weighted by Gasteiger charge is 2.26. The van der Waals surface area contributed by atoms with Crippen LogP contribution in [-0.2, 0) is 11.8 Å². The third kappa shape index (κ3) is 5.54. The second-order valence-corrected chi connectivity index (χ2v) is 9.04. The number of pyridine rings is 2. The number of aromatic amines is 1. The van der Waals surface area contributed by atoms with E-state index in [0.29, 0.717) is 27.8 Å². The van der Waals surface area contributed by atoms with E-state index < -0.39 is 30.5 Å². The second-order valence-electron chi connectivity index (χ2n) is 9.04. The number of H-pyrrole nitrogens is 1. The van der Waals surface area contributed by atoms with Crippen LogP contribution in [0, 0.1) is 5.82 Å². The molecule has 1 amide bonds. The molecular formula is C29H24F3N5O2. The van der Waals surface area contributed by atoms with Crippen molar-refractivity contribution in [1.29, 1.82) is 0 Å². The van der Waals surface area contributed by atoms with E-state index in [1.54, 1.807) is 31.4 Å². The number of fused-ring (bicyclic) bond motifs is 1. The van der Waals surface area contributed by atoms with Gasteiger partial charge in [-0.25, -0.2) is 18.2 Å². The largest absolute Gasteiger partial charge is 0.353 e. The van der Waals surface area contributed by atoms with Crippen molar-refractivity contribution in [3.63, 3.8) is 0 Å². The van der Waals surface area contributed by atoms with Crippen LogP contribution < -0.4 is 16.2 Å². The highest BCUT2D eigenvalue weighted by atomic mass is 19.3. The molecule has 2 aromatic carbocycles. The summed E-state index contributed by atoms with van der Waals surface area (Å²) in [5.41, 5.74) is 3.17. The summed E-state index contributed by atoms with van der Waals surface area (Å²) < 4.78 is 41.5. The first kappa shape index (κ1) is 25.8. The number of para-hydroxylation sites is 1. The molecule has 3 N–H and O–H groups in total. The molecule has 3 aromatic heterocycles. The topological polar surface area (TPSA) is 91.8 Å². The number of aryl methyl sites for hydroxylation is 1. The summed E-state index contributed by atoms with van der Waals surface area (Å²) in [4.78, 5) is 33.6. The SMILES string of the molecule is Cn1ccc2[nH]c(-c3ccnc(NC(=O)[C@H](CC(F)F)c4ccc(F)cc4)c3)c(Nc3ccccc3)c2c1=O. The van der Waals surface area contributed by atoms with E-state index in [1.807, 2.05) is 30.3 Å². The molecule has 198 valence electrons. The zero-order valence-electron chi connectivity index (χ0n) is 20.8. The zero-order valence-corrected chi connectivity index (χ0v) is 20.8. The summed E-state index contributed by atoms with van der Waals surface area (Å²) in [6, 6.07) is 19.3. The summed E-state index contributed by atoms with van der Waals surface area (Å²) in [6.07, 6.45) is -0.339. The molecule has 0 aliphatic rings. The minimum Gasteiger partial charge on any atom is -0.353 e. The van der Waals surface area contributed by atoms with Crippen LogP contribution in [0.4, 0.5) is 30.4 Å². The number of amides is 1. The molecule has 0 bridgehead atoms. The maximum atomic E-state index is 13.4. The zero-order chi connectivity index (χ0) is 27.5. The van der Waals surface area contributed by atoms with Crippen LogP contribution in [0.1, 0.15) is 17.9 Å². The van der Waals surface area contributed by atoms with Gasteiger partial charge in [0, 0.05) is 37.1 Å². The third-order valence-corrected chi connectivity index (χ3v) is 6.37. The Labute approximate surface area is 221 Å². The Kier molecular flexibility index (Phi) is 7.18. The summed E-state index contributed by atoms with van der Waals surface area (Å²) in [5.74, 6) is -2.30. The van der Waals surface area contributed by atoms with E-state index in [-0.39, 0.29) is 16.9 Å². The first-order chi connectivity index (χ1) is 18.8. The summed E-state index contributed by atoms with van der Waals surface area (Å²) >= 11 is 0. The van der Waals surface area contributed by atoms with Crippen molar-refractivity contribution in [3.8, 4) is 11.3 Å². The normalized spacial score (nSPS) is 12.0. The van der Waals surface area contributed by atoms with E-state index >= 15 is 0 Å². The second kappa shape index (κ2) is 10.9. The molecule has 0 saturated heterocycles. The number of rotatable bonds is 8. The summed E-state index contributed by atoms with van der Waals surface area (Å²) in [7, 11) is 1.66. The molecule has 0 aliphatic carbocycles. The lowest BCUT2D eigenvalue weighted by Crippen LogP contribution is -2.23.